The maximum absolute atomic E-state index is 5.51. The van der Waals surface area contributed by atoms with E-state index in [0.717, 1.165) is 44.7 Å². The second-order valence-corrected chi connectivity index (χ2v) is 7.95. The number of nitrogens with one attached hydrogen (secondary N) is 1. The van der Waals surface area contributed by atoms with Gasteiger partial charge in [0.15, 0.2) is 5.82 Å². The molecule has 29 heavy (non-hydrogen) atoms. The number of likely N-dealkylation sites (tertiary alicyclic amines) is 1. The van der Waals surface area contributed by atoms with Crippen molar-refractivity contribution in [2.24, 2.45) is 0 Å². The average Bonchev–Trinajstić information content (AvgIpc) is 3.23. The summed E-state index contributed by atoms with van der Waals surface area (Å²) in [5.41, 5.74) is 2.62. The van der Waals surface area contributed by atoms with Crippen molar-refractivity contribution >= 4 is 0 Å². The van der Waals surface area contributed by atoms with Gasteiger partial charge in [-0.1, -0.05) is 65.8 Å². The van der Waals surface area contributed by atoms with Crippen molar-refractivity contribution in [1.29, 1.82) is 0 Å². The van der Waals surface area contributed by atoms with Crippen LogP contribution in [0.3, 0.4) is 0 Å². The Morgan fingerprint density at radius 3 is 2.34 bits per heavy atom. The number of nitrogens with zero attached hydrogens (tertiary/aromatic N) is 3. The molecule has 2 aromatic carbocycles. The maximum Gasteiger partial charge on any atom is 0.243 e. The van der Waals surface area contributed by atoms with Crippen LogP contribution in [0.2, 0.25) is 0 Å². The molecule has 1 atom stereocenters. The highest BCUT2D eigenvalue weighted by molar-refractivity contribution is 5.18. The Balaban J connectivity index is 1.21. The molecule has 152 valence electrons. The Hall–Kier alpha value is -2.50. The first kappa shape index (κ1) is 19.8. The van der Waals surface area contributed by atoms with Crippen molar-refractivity contribution in [3.05, 3.63) is 83.5 Å². The molecule has 1 N–H and O–H groups in total. The molecule has 1 unspecified atom stereocenters. The van der Waals surface area contributed by atoms with Gasteiger partial charge in [-0.25, -0.2) is 0 Å². The zero-order valence-corrected chi connectivity index (χ0v) is 17.1. The number of rotatable bonds is 8. The van der Waals surface area contributed by atoms with Gasteiger partial charge in [0, 0.05) is 19.0 Å². The Labute approximate surface area is 173 Å². The molecule has 0 radical (unpaired) electrons. The van der Waals surface area contributed by atoms with Crippen molar-refractivity contribution in [3.8, 4) is 0 Å². The third kappa shape index (κ3) is 5.75. The first-order valence-corrected chi connectivity index (χ1v) is 10.6. The van der Waals surface area contributed by atoms with Crippen LogP contribution in [-0.2, 0) is 12.8 Å². The van der Waals surface area contributed by atoms with Crippen LogP contribution >= 0.6 is 0 Å². The Bertz CT molecular complexity index is 857. The van der Waals surface area contributed by atoms with E-state index >= 15 is 0 Å². The van der Waals surface area contributed by atoms with Crippen molar-refractivity contribution in [1.82, 2.24) is 20.4 Å². The summed E-state index contributed by atoms with van der Waals surface area (Å²) in [5.74, 6) is 1.43. The summed E-state index contributed by atoms with van der Waals surface area (Å²) in [6, 6.07) is 21.6. The van der Waals surface area contributed by atoms with Gasteiger partial charge in [0.25, 0.3) is 0 Å². The van der Waals surface area contributed by atoms with E-state index in [9.17, 15) is 0 Å². The molecule has 0 spiro atoms. The van der Waals surface area contributed by atoms with Gasteiger partial charge >= 0.3 is 0 Å². The smallest absolute Gasteiger partial charge is 0.243 e. The van der Waals surface area contributed by atoms with E-state index in [4.69, 9.17) is 4.52 Å². The molecular weight excluding hydrogens is 360 g/mol. The third-order valence-corrected chi connectivity index (χ3v) is 5.69. The molecule has 1 aliphatic heterocycles. The number of benzene rings is 2. The highest BCUT2D eigenvalue weighted by atomic mass is 16.5. The molecule has 2 heterocycles. The predicted octanol–water partition coefficient (Wildman–Crippen LogP) is 4.02. The molecule has 1 saturated heterocycles. The Kier molecular flexibility index (Phi) is 6.70. The molecule has 0 aliphatic carbocycles. The molecule has 4 rings (SSSR count). The molecule has 0 saturated carbocycles. The van der Waals surface area contributed by atoms with Crippen LogP contribution in [-0.4, -0.2) is 40.7 Å². The molecule has 3 aromatic rings. The van der Waals surface area contributed by atoms with Crippen molar-refractivity contribution in [2.45, 2.75) is 44.7 Å². The minimum absolute atomic E-state index is 0.0768. The zero-order valence-electron chi connectivity index (χ0n) is 17.1. The molecule has 5 nitrogen and oxygen atoms in total. The fourth-order valence-corrected chi connectivity index (χ4v) is 3.97. The average molecular weight is 391 g/mol. The quantitative estimate of drug-likeness (QED) is 0.630. The minimum atomic E-state index is 0.0768. The van der Waals surface area contributed by atoms with E-state index in [1.54, 1.807) is 0 Å². The molecular formula is C24H30N4O. The Morgan fingerprint density at radius 2 is 1.66 bits per heavy atom. The number of aromatic nitrogens is 2. The summed E-state index contributed by atoms with van der Waals surface area (Å²) in [4.78, 5) is 7.17. The van der Waals surface area contributed by atoms with Gasteiger partial charge in [-0.3, -0.25) is 0 Å². The summed E-state index contributed by atoms with van der Waals surface area (Å²) < 4.78 is 5.51. The van der Waals surface area contributed by atoms with Crippen molar-refractivity contribution in [3.63, 3.8) is 0 Å². The topological polar surface area (TPSA) is 54.2 Å². The summed E-state index contributed by atoms with van der Waals surface area (Å²) in [7, 11) is 0. The van der Waals surface area contributed by atoms with E-state index in [2.05, 4.69) is 69.7 Å². The van der Waals surface area contributed by atoms with Crippen LogP contribution < -0.4 is 5.32 Å². The van der Waals surface area contributed by atoms with Crippen molar-refractivity contribution in [2.75, 3.05) is 19.6 Å². The van der Waals surface area contributed by atoms with E-state index in [-0.39, 0.29) is 6.04 Å². The van der Waals surface area contributed by atoms with Gasteiger partial charge in [0.1, 0.15) is 0 Å². The van der Waals surface area contributed by atoms with Crippen LogP contribution in [0.25, 0.3) is 0 Å². The SMILES string of the molecule is CC(NC1CCN(CCc2ccccc2)CC1)c1nc(Cc2ccccc2)no1. The molecule has 0 bridgehead atoms. The van der Waals surface area contributed by atoms with E-state index in [1.807, 2.05) is 18.2 Å². The molecule has 1 aliphatic rings. The lowest BCUT2D eigenvalue weighted by molar-refractivity contribution is 0.188. The first-order chi connectivity index (χ1) is 14.3. The van der Waals surface area contributed by atoms with Crippen molar-refractivity contribution < 1.29 is 4.52 Å². The zero-order chi connectivity index (χ0) is 19.9. The highest BCUT2D eigenvalue weighted by Crippen LogP contribution is 2.17. The van der Waals surface area contributed by atoms with E-state index < -0.39 is 0 Å². The maximum atomic E-state index is 5.51. The second-order valence-electron chi connectivity index (χ2n) is 7.95. The molecule has 0 amide bonds. The summed E-state index contributed by atoms with van der Waals surface area (Å²) in [6.45, 7) is 5.53. The van der Waals surface area contributed by atoms with Gasteiger partial charge in [-0.15, -0.1) is 0 Å². The number of hydrogen-bond donors (Lipinski definition) is 1. The van der Waals surface area contributed by atoms with Gasteiger partial charge in [-0.05, 0) is 50.4 Å². The van der Waals surface area contributed by atoms with E-state index in [1.165, 1.54) is 11.1 Å². The lowest BCUT2D eigenvalue weighted by Gasteiger charge is -2.33. The Morgan fingerprint density at radius 1 is 1.00 bits per heavy atom. The summed E-state index contributed by atoms with van der Waals surface area (Å²) in [5, 5.41) is 7.84. The van der Waals surface area contributed by atoms with Crippen LogP contribution in [0.4, 0.5) is 0 Å². The third-order valence-electron chi connectivity index (χ3n) is 5.69. The normalized spacial score (nSPS) is 16.7. The van der Waals surface area contributed by atoms with Crippen LogP contribution in [0, 0.1) is 0 Å². The van der Waals surface area contributed by atoms with Crippen LogP contribution in [0.15, 0.2) is 65.2 Å². The molecule has 1 aromatic heterocycles. The summed E-state index contributed by atoms with van der Waals surface area (Å²) >= 11 is 0. The molecule has 5 heteroatoms. The second kappa shape index (κ2) is 9.81. The number of piperidine rings is 1. The van der Waals surface area contributed by atoms with Gasteiger partial charge < -0.3 is 14.7 Å². The minimum Gasteiger partial charge on any atom is -0.338 e. The lowest BCUT2D eigenvalue weighted by Crippen LogP contribution is -2.43. The fourth-order valence-electron chi connectivity index (χ4n) is 3.97. The predicted molar refractivity (Wildman–Crippen MR) is 115 cm³/mol. The monoisotopic (exact) mass is 390 g/mol. The van der Waals surface area contributed by atoms with Gasteiger partial charge in [0.05, 0.1) is 6.04 Å². The molecule has 1 fully saturated rings. The van der Waals surface area contributed by atoms with Crippen LogP contribution in [0.5, 0.6) is 0 Å². The van der Waals surface area contributed by atoms with Gasteiger partial charge in [0.2, 0.25) is 5.89 Å². The van der Waals surface area contributed by atoms with Gasteiger partial charge in [-0.2, -0.15) is 4.98 Å². The lowest BCUT2D eigenvalue weighted by atomic mass is 10.0. The summed E-state index contributed by atoms with van der Waals surface area (Å²) in [6.07, 6.45) is 4.15. The first-order valence-electron chi connectivity index (χ1n) is 10.6. The van der Waals surface area contributed by atoms with Crippen LogP contribution in [0.1, 0.15) is 48.6 Å². The highest BCUT2D eigenvalue weighted by Gasteiger charge is 2.23. The van der Waals surface area contributed by atoms with E-state index in [0.29, 0.717) is 18.4 Å². The number of hydrogen-bond acceptors (Lipinski definition) is 5. The largest absolute Gasteiger partial charge is 0.338 e. The standard InChI is InChI=1S/C24H30N4O/c1-19(24-26-23(27-29-24)18-21-10-6-3-7-11-21)25-22-13-16-28(17-14-22)15-12-20-8-4-2-5-9-20/h2-11,19,22,25H,12-18H2,1H3. The fraction of sp³-hybridized carbons (Fsp3) is 0.417.